The number of ether oxygens (including phenoxy) is 2. The zero-order chi connectivity index (χ0) is 14.4. The van der Waals surface area contributed by atoms with E-state index in [9.17, 15) is 4.79 Å². The van der Waals surface area contributed by atoms with E-state index in [4.69, 9.17) is 9.47 Å². The lowest BCUT2D eigenvalue weighted by Crippen LogP contribution is -2.44. The zero-order valence-corrected chi connectivity index (χ0v) is 12.4. The number of rotatable bonds is 4. The summed E-state index contributed by atoms with van der Waals surface area (Å²) in [4.78, 5) is 12.2. The predicted molar refractivity (Wildman–Crippen MR) is 76.3 cm³/mol. The second-order valence-corrected chi connectivity index (χ2v) is 6.55. The van der Waals surface area contributed by atoms with Crippen LogP contribution < -0.4 is 0 Å². The molecule has 3 atom stereocenters. The molecule has 2 heterocycles. The summed E-state index contributed by atoms with van der Waals surface area (Å²) in [5.41, 5.74) is 0.0930. The normalized spacial score (nSPS) is 36.0. The first-order valence-electron chi connectivity index (χ1n) is 7.35. The Hall–Kier alpha value is -1.19. The van der Waals surface area contributed by atoms with Crippen LogP contribution in [0.4, 0.5) is 0 Å². The molecule has 2 saturated heterocycles. The van der Waals surface area contributed by atoms with Crippen molar-refractivity contribution in [3.05, 3.63) is 35.9 Å². The molecule has 3 rings (SSSR count). The van der Waals surface area contributed by atoms with E-state index in [0.29, 0.717) is 19.4 Å². The summed E-state index contributed by atoms with van der Waals surface area (Å²) in [6.45, 7) is 6.71. The Labute approximate surface area is 120 Å². The first-order valence-corrected chi connectivity index (χ1v) is 7.35. The van der Waals surface area contributed by atoms with Gasteiger partial charge in [-0.25, -0.2) is 0 Å². The molecule has 0 spiro atoms. The van der Waals surface area contributed by atoms with Crippen LogP contribution in [0, 0.1) is 5.92 Å². The quantitative estimate of drug-likeness (QED) is 0.846. The lowest BCUT2D eigenvalue weighted by Gasteiger charge is -2.30. The maximum Gasteiger partial charge on any atom is 0.167 e. The van der Waals surface area contributed by atoms with Crippen LogP contribution in [0.3, 0.4) is 0 Å². The van der Waals surface area contributed by atoms with Gasteiger partial charge in [0.15, 0.2) is 5.78 Å². The number of carbonyl (C=O) groups is 1. The van der Waals surface area contributed by atoms with Crippen LogP contribution in [0.2, 0.25) is 0 Å². The molecule has 2 fully saturated rings. The van der Waals surface area contributed by atoms with E-state index in [2.05, 4.69) is 26.0 Å². The van der Waals surface area contributed by atoms with Crippen molar-refractivity contribution in [3.8, 4) is 0 Å². The molecule has 108 valence electrons. The Bertz CT molecular complexity index is 510. The van der Waals surface area contributed by atoms with Gasteiger partial charge in [-0.2, -0.15) is 0 Å². The summed E-state index contributed by atoms with van der Waals surface area (Å²) in [6.07, 6.45) is 1.17. The van der Waals surface area contributed by atoms with Gasteiger partial charge in [0.1, 0.15) is 5.60 Å². The summed E-state index contributed by atoms with van der Waals surface area (Å²) in [5.74, 6) is 0.441. The van der Waals surface area contributed by atoms with Gasteiger partial charge in [0, 0.05) is 12.8 Å². The van der Waals surface area contributed by atoms with Crippen molar-refractivity contribution in [3.63, 3.8) is 0 Å². The van der Waals surface area contributed by atoms with E-state index >= 15 is 0 Å². The number of hydrogen-bond donors (Lipinski definition) is 0. The standard InChI is InChI=1S/C17H22O3/c1-12(2)17-10-15(16(3,20-17)9-14(17)18)19-11-13-7-5-4-6-8-13/h4-8,12,15H,9-11H2,1-3H3/t15-,16+,17-/m1/s1. The summed E-state index contributed by atoms with van der Waals surface area (Å²) in [7, 11) is 0. The lowest BCUT2D eigenvalue weighted by atomic mass is 9.74. The fourth-order valence-electron chi connectivity index (χ4n) is 3.49. The summed E-state index contributed by atoms with van der Waals surface area (Å²) in [5, 5.41) is 0. The van der Waals surface area contributed by atoms with Crippen LogP contribution in [0.5, 0.6) is 0 Å². The van der Waals surface area contributed by atoms with Crippen LogP contribution in [-0.2, 0) is 20.9 Å². The van der Waals surface area contributed by atoms with Gasteiger partial charge < -0.3 is 9.47 Å². The minimum Gasteiger partial charge on any atom is -0.370 e. The average Bonchev–Trinajstić information content (AvgIpc) is 2.85. The molecule has 2 bridgehead atoms. The van der Waals surface area contributed by atoms with E-state index in [1.54, 1.807) is 0 Å². The van der Waals surface area contributed by atoms with E-state index in [1.165, 1.54) is 0 Å². The largest absolute Gasteiger partial charge is 0.370 e. The van der Waals surface area contributed by atoms with Crippen LogP contribution in [0.25, 0.3) is 0 Å². The summed E-state index contributed by atoms with van der Waals surface area (Å²) in [6, 6.07) is 10.1. The molecule has 0 saturated carbocycles. The molecule has 0 unspecified atom stereocenters. The fourth-order valence-corrected chi connectivity index (χ4v) is 3.49. The second kappa shape index (κ2) is 4.68. The van der Waals surface area contributed by atoms with Gasteiger partial charge in [-0.05, 0) is 18.4 Å². The van der Waals surface area contributed by atoms with Gasteiger partial charge >= 0.3 is 0 Å². The molecule has 2 aliphatic rings. The number of ketones is 1. The highest BCUT2D eigenvalue weighted by molar-refractivity contribution is 5.92. The predicted octanol–water partition coefficient (Wildman–Crippen LogP) is 3.12. The van der Waals surface area contributed by atoms with Gasteiger partial charge in [0.25, 0.3) is 0 Å². The third-order valence-electron chi connectivity index (χ3n) is 4.80. The number of fused-ring (bicyclic) bond motifs is 2. The topological polar surface area (TPSA) is 35.5 Å². The van der Waals surface area contributed by atoms with Crippen LogP contribution in [0.1, 0.15) is 39.2 Å². The molecule has 1 aromatic carbocycles. The first-order chi connectivity index (χ1) is 9.46. The Kier molecular flexibility index (Phi) is 3.22. The van der Waals surface area contributed by atoms with Crippen LogP contribution in [0.15, 0.2) is 30.3 Å². The Balaban J connectivity index is 1.72. The molecule has 20 heavy (non-hydrogen) atoms. The van der Waals surface area contributed by atoms with Gasteiger partial charge in [0.2, 0.25) is 0 Å². The molecule has 3 nitrogen and oxygen atoms in total. The van der Waals surface area contributed by atoms with E-state index in [1.807, 2.05) is 25.1 Å². The number of hydrogen-bond acceptors (Lipinski definition) is 3. The molecule has 0 radical (unpaired) electrons. The van der Waals surface area contributed by atoms with Gasteiger partial charge in [-0.1, -0.05) is 44.2 Å². The number of benzene rings is 1. The molecule has 2 aliphatic heterocycles. The molecular weight excluding hydrogens is 252 g/mol. The van der Waals surface area contributed by atoms with Crippen molar-refractivity contribution in [2.45, 2.75) is 57.5 Å². The maximum absolute atomic E-state index is 12.2. The van der Waals surface area contributed by atoms with Crippen molar-refractivity contribution < 1.29 is 14.3 Å². The molecule has 0 N–H and O–H groups in total. The molecule has 0 aromatic heterocycles. The molecular formula is C17H22O3. The highest BCUT2D eigenvalue weighted by Gasteiger charge is 2.65. The molecule has 1 aromatic rings. The SMILES string of the molecule is CC(C)[C@]12C[C@@H](OCc3ccccc3)[C@](C)(CC1=O)O2. The fraction of sp³-hybridized carbons (Fsp3) is 0.588. The smallest absolute Gasteiger partial charge is 0.167 e. The Morgan fingerprint density at radius 3 is 2.65 bits per heavy atom. The van der Waals surface area contributed by atoms with Crippen molar-refractivity contribution in [2.75, 3.05) is 0 Å². The Morgan fingerprint density at radius 2 is 2.05 bits per heavy atom. The first kappa shape index (κ1) is 13.8. The lowest BCUT2D eigenvalue weighted by molar-refractivity contribution is -0.136. The molecule has 3 heteroatoms. The summed E-state index contributed by atoms with van der Waals surface area (Å²) < 4.78 is 12.2. The highest BCUT2D eigenvalue weighted by atomic mass is 16.6. The maximum atomic E-state index is 12.2. The zero-order valence-electron chi connectivity index (χ0n) is 12.4. The van der Waals surface area contributed by atoms with Gasteiger partial charge in [0.05, 0.1) is 18.3 Å². The van der Waals surface area contributed by atoms with Gasteiger partial charge in [-0.15, -0.1) is 0 Å². The second-order valence-electron chi connectivity index (χ2n) is 6.55. The summed E-state index contributed by atoms with van der Waals surface area (Å²) >= 11 is 0. The number of Topliss-reactive ketones (excluding diaryl/α,β-unsaturated/α-hetero) is 1. The van der Waals surface area contributed by atoms with Crippen LogP contribution in [-0.4, -0.2) is 23.1 Å². The van der Waals surface area contributed by atoms with Crippen molar-refractivity contribution in [1.82, 2.24) is 0 Å². The minimum absolute atomic E-state index is 0.00260. The monoisotopic (exact) mass is 274 g/mol. The van der Waals surface area contributed by atoms with E-state index in [-0.39, 0.29) is 17.8 Å². The van der Waals surface area contributed by atoms with Crippen molar-refractivity contribution >= 4 is 5.78 Å². The third kappa shape index (κ3) is 2.00. The van der Waals surface area contributed by atoms with E-state index < -0.39 is 11.2 Å². The molecule has 0 aliphatic carbocycles. The van der Waals surface area contributed by atoms with Crippen LogP contribution >= 0.6 is 0 Å². The van der Waals surface area contributed by atoms with Crippen molar-refractivity contribution in [2.24, 2.45) is 5.92 Å². The average molecular weight is 274 g/mol. The van der Waals surface area contributed by atoms with Gasteiger partial charge in [-0.3, -0.25) is 4.79 Å². The third-order valence-corrected chi connectivity index (χ3v) is 4.80. The van der Waals surface area contributed by atoms with Crippen molar-refractivity contribution in [1.29, 1.82) is 0 Å². The van der Waals surface area contributed by atoms with E-state index in [0.717, 1.165) is 5.56 Å². The number of carbonyl (C=O) groups excluding carboxylic acids is 1. The Morgan fingerprint density at radius 1 is 1.35 bits per heavy atom. The minimum atomic E-state index is -0.615. The molecule has 0 amide bonds. The highest BCUT2D eigenvalue weighted by Crippen LogP contribution is 2.53.